The predicted molar refractivity (Wildman–Crippen MR) is 60.4 cm³/mol. The van der Waals surface area contributed by atoms with Crippen LogP contribution in [0.1, 0.15) is 31.7 Å². The maximum Gasteiger partial charge on any atom is 0.313 e. The van der Waals surface area contributed by atoms with Gasteiger partial charge in [-0.2, -0.15) is 0 Å². The number of rotatable bonds is 4. The van der Waals surface area contributed by atoms with Gasteiger partial charge in [-0.25, -0.2) is 8.78 Å². The molecule has 0 aromatic heterocycles. The summed E-state index contributed by atoms with van der Waals surface area (Å²) in [4.78, 5) is 11.6. The first-order valence-corrected chi connectivity index (χ1v) is 5.42. The number of nitrogens with two attached hydrogens (primary N) is 1. The van der Waals surface area contributed by atoms with Gasteiger partial charge in [0.1, 0.15) is 11.6 Å². The zero-order valence-corrected chi connectivity index (χ0v) is 9.80. The van der Waals surface area contributed by atoms with Crippen LogP contribution in [0.15, 0.2) is 12.1 Å². The molecule has 0 saturated carbocycles. The van der Waals surface area contributed by atoms with Gasteiger partial charge in [0, 0.05) is 6.07 Å². The molecule has 0 aliphatic carbocycles. The van der Waals surface area contributed by atoms with Crippen LogP contribution in [0.2, 0.25) is 0 Å². The van der Waals surface area contributed by atoms with E-state index in [0.29, 0.717) is 12.5 Å². The molecule has 0 spiro atoms. The molecule has 1 atom stereocenters. The molecule has 3 nitrogen and oxygen atoms in total. The first kappa shape index (κ1) is 13.4. The van der Waals surface area contributed by atoms with E-state index in [1.807, 2.05) is 0 Å². The quantitative estimate of drug-likeness (QED) is 0.653. The second-order valence-corrected chi connectivity index (χ2v) is 3.60. The fraction of sp³-hybridized carbons (Fsp3) is 0.417. The molecule has 0 amide bonds. The maximum absolute atomic E-state index is 13.3. The van der Waals surface area contributed by atoms with E-state index in [1.54, 1.807) is 13.8 Å². The van der Waals surface area contributed by atoms with Crippen molar-refractivity contribution in [1.82, 2.24) is 0 Å². The summed E-state index contributed by atoms with van der Waals surface area (Å²) in [6, 6.07) is 1.76. The third-order valence-corrected chi connectivity index (χ3v) is 2.48. The van der Waals surface area contributed by atoms with Gasteiger partial charge in [-0.15, -0.1) is 0 Å². The molecule has 0 heterocycles. The largest absolute Gasteiger partial charge is 0.466 e. The average Bonchev–Trinajstić information content (AvgIpc) is 2.26. The lowest BCUT2D eigenvalue weighted by Crippen LogP contribution is -2.17. The summed E-state index contributed by atoms with van der Waals surface area (Å²) in [6.07, 6.45) is 0.367. The Morgan fingerprint density at radius 3 is 2.59 bits per heavy atom. The van der Waals surface area contributed by atoms with Gasteiger partial charge in [-0.3, -0.25) is 4.79 Å². The standard InChI is InChI=1S/C12H15F2NO2/c1-3-8(12(16)17-4-2)9-5-7(13)6-10(14)11(9)15/h5-6,8H,3-4,15H2,1-2H3. The fourth-order valence-electron chi connectivity index (χ4n) is 1.65. The Kier molecular flexibility index (Phi) is 4.43. The van der Waals surface area contributed by atoms with Gasteiger partial charge >= 0.3 is 5.97 Å². The predicted octanol–water partition coefficient (Wildman–Crippen LogP) is 2.60. The molecule has 17 heavy (non-hydrogen) atoms. The van der Waals surface area contributed by atoms with Crippen LogP contribution in [0, 0.1) is 11.6 Å². The van der Waals surface area contributed by atoms with Crippen molar-refractivity contribution in [3.63, 3.8) is 0 Å². The Morgan fingerprint density at radius 1 is 1.41 bits per heavy atom. The number of carbonyl (C=O) groups is 1. The minimum Gasteiger partial charge on any atom is -0.466 e. The second kappa shape index (κ2) is 5.61. The Hall–Kier alpha value is -1.65. The van der Waals surface area contributed by atoms with E-state index in [0.717, 1.165) is 6.07 Å². The van der Waals surface area contributed by atoms with Crippen LogP contribution in [0.5, 0.6) is 0 Å². The van der Waals surface area contributed by atoms with Crippen molar-refractivity contribution in [1.29, 1.82) is 0 Å². The lowest BCUT2D eigenvalue weighted by atomic mass is 9.94. The van der Waals surface area contributed by atoms with Crippen molar-refractivity contribution in [3.8, 4) is 0 Å². The van der Waals surface area contributed by atoms with Gasteiger partial charge < -0.3 is 10.5 Å². The van der Waals surface area contributed by atoms with Gasteiger partial charge in [-0.1, -0.05) is 6.92 Å². The molecule has 0 saturated heterocycles. The van der Waals surface area contributed by atoms with Crippen LogP contribution in [-0.4, -0.2) is 12.6 Å². The van der Waals surface area contributed by atoms with Gasteiger partial charge in [0.15, 0.2) is 0 Å². The lowest BCUT2D eigenvalue weighted by Gasteiger charge is -2.16. The summed E-state index contributed by atoms with van der Waals surface area (Å²) in [6.45, 7) is 3.61. The topological polar surface area (TPSA) is 52.3 Å². The molecule has 1 unspecified atom stereocenters. The van der Waals surface area contributed by atoms with Gasteiger partial charge in [0.2, 0.25) is 0 Å². The van der Waals surface area contributed by atoms with Crippen molar-refractivity contribution < 1.29 is 18.3 Å². The molecule has 0 fully saturated rings. The van der Waals surface area contributed by atoms with Crippen molar-refractivity contribution in [2.24, 2.45) is 0 Å². The number of benzene rings is 1. The van der Waals surface area contributed by atoms with Crippen molar-refractivity contribution in [2.75, 3.05) is 12.3 Å². The SMILES string of the molecule is CCOC(=O)C(CC)c1cc(F)cc(F)c1N. The van der Waals surface area contributed by atoms with Crippen LogP contribution < -0.4 is 5.73 Å². The summed E-state index contributed by atoms with van der Waals surface area (Å²) in [5.41, 5.74) is 5.45. The molecule has 0 bridgehead atoms. The highest BCUT2D eigenvalue weighted by atomic mass is 19.1. The number of halogens is 2. The Morgan fingerprint density at radius 2 is 2.06 bits per heavy atom. The average molecular weight is 243 g/mol. The minimum atomic E-state index is -0.859. The summed E-state index contributed by atoms with van der Waals surface area (Å²) in [5.74, 6) is -2.87. The highest BCUT2D eigenvalue weighted by Gasteiger charge is 2.24. The van der Waals surface area contributed by atoms with Crippen molar-refractivity contribution in [3.05, 3.63) is 29.3 Å². The molecular weight excluding hydrogens is 228 g/mol. The third kappa shape index (κ3) is 2.93. The number of anilines is 1. The summed E-state index contributed by atoms with van der Waals surface area (Å²) in [7, 11) is 0. The molecular formula is C12H15F2NO2. The Bertz CT molecular complexity index is 421. The van der Waals surface area contributed by atoms with Crippen molar-refractivity contribution >= 4 is 11.7 Å². The fourth-order valence-corrected chi connectivity index (χ4v) is 1.65. The molecule has 94 valence electrons. The number of esters is 1. The monoisotopic (exact) mass is 243 g/mol. The molecule has 0 aliphatic heterocycles. The maximum atomic E-state index is 13.3. The van der Waals surface area contributed by atoms with Crippen LogP contribution >= 0.6 is 0 Å². The number of hydrogen-bond acceptors (Lipinski definition) is 3. The zero-order valence-electron chi connectivity index (χ0n) is 9.80. The summed E-state index contributed by atoms with van der Waals surface area (Å²) < 4.78 is 31.2. The molecule has 0 aliphatic rings. The summed E-state index contributed by atoms with van der Waals surface area (Å²) in [5, 5.41) is 0. The second-order valence-electron chi connectivity index (χ2n) is 3.60. The zero-order chi connectivity index (χ0) is 13.0. The molecule has 1 rings (SSSR count). The first-order chi connectivity index (χ1) is 8.01. The van der Waals surface area contributed by atoms with Crippen LogP contribution in [0.4, 0.5) is 14.5 Å². The van der Waals surface area contributed by atoms with E-state index >= 15 is 0 Å². The number of carbonyl (C=O) groups excluding carboxylic acids is 1. The summed E-state index contributed by atoms with van der Waals surface area (Å²) >= 11 is 0. The van der Waals surface area contributed by atoms with Gasteiger partial charge in [0.25, 0.3) is 0 Å². The Labute approximate surface area is 98.6 Å². The Balaban J connectivity index is 3.15. The molecule has 1 aromatic carbocycles. The van der Waals surface area contributed by atoms with E-state index < -0.39 is 23.5 Å². The molecule has 0 radical (unpaired) electrons. The minimum absolute atomic E-state index is 0.142. The van der Waals surface area contributed by atoms with Crippen LogP contribution in [-0.2, 0) is 9.53 Å². The smallest absolute Gasteiger partial charge is 0.313 e. The number of nitrogen functional groups attached to an aromatic ring is 1. The van der Waals surface area contributed by atoms with Gasteiger partial charge in [-0.05, 0) is 25.0 Å². The first-order valence-electron chi connectivity index (χ1n) is 5.42. The third-order valence-electron chi connectivity index (χ3n) is 2.48. The van der Waals surface area contributed by atoms with Crippen LogP contribution in [0.3, 0.4) is 0 Å². The lowest BCUT2D eigenvalue weighted by molar-refractivity contribution is -0.145. The normalized spacial score (nSPS) is 12.2. The highest BCUT2D eigenvalue weighted by molar-refractivity contribution is 5.80. The van der Waals surface area contributed by atoms with E-state index in [9.17, 15) is 13.6 Å². The number of hydrogen-bond donors (Lipinski definition) is 1. The highest BCUT2D eigenvalue weighted by Crippen LogP contribution is 2.29. The van der Waals surface area contributed by atoms with Crippen LogP contribution in [0.25, 0.3) is 0 Å². The number of ether oxygens (including phenoxy) is 1. The van der Waals surface area contributed by atoms with E-state index in [-0.39, 0.29) is 17.9 Å². The van der Waals surface area contributed by atoms with E-state index in [4.69, 9.17) is 10.5 Å². The van der Waals surface area contributed by atoms with E-state index in [1.165, 1.54) is 0 Å². The van der Waals surface area contributed by atoms with E-state index in [2.05, 4.69) is 0 Å². The molecule has 2 N–H and O–H groups in total. The molecule has 1 aromatic rings. The van der Waals surface area contributed by atoms with Gasteiger partial charge in [0.05, 0.1) is 18.2 Å². The van der Waals surface area contributed by atoms with Crippen molar-refractivity contribution in [2.45, 2.75) is 26.2 Å². The molecule has 5 heteroatoms.